The van der Waals surface area contributed by atoms with E-state index in [1.165, 1.54) is 42.3 Å². The van der Waals surface area contributed by atoms with Crippen LogP contribution in [0.25, 0.3) is 10.1 Å². The van der Waals surface area contributed by atoms with E-state index < -0.39 is 0 Å². The van der Waals surface area contributed by atoms with Gasteiger partial charge in [-0.3, -0.25) is 0 Å². The molecule has 3 fully saturated rings. The van der Waals surface area contributed by atoms with E-state index in [1.807, 2.05) is 11.3 Å². The zero-order valence-electron chi connectivity index (χ0n) is 13.1. The second-order valence-electron chi connectivity index (χ2n) is 7.34. The van der Waals surface area contributed by atoms with Gasteiger partial charge in [0.05, 0.1) is 0 Å². The Morgan fingerprint density at radius 3 is 2.57 bits per heavy atom. The van der Waals surface area contributed by atoms with E-state index in [4.69, 9.17) is 0 Å². The third-order valence-corrected chi connectivity index (χ3v) is 6.73. The highest BCUT2D eigenvalue weighted by Crippen LogP contribution is 2.53. The molecule has 3 aliphatic carbocycles. The molecule has 1 heterocycles. The predicted octanol–water partition coefficient (Wildman–Crippen LogP) is 4.98. The number of hydrogen-bond donors (Lipinski definition) is 0. The van der Waals surface area contributed by atoms with Crippen LogP contribution < -0.4 is 0 Å². The minimum absolute atomic E-state index is 0.796. The molecule has 3 aliphatic rings. The van der Waals surface area contributed by atoms with E-state index in [0.717, 1.165) is 23.7 Å². The van der Waals surface area contributed by atoms with Crippen molar-refractivity contribution in [2.24, 2.45) is 17.8 Å². The van der Waals surface area contributed by atoms with Gasteiger partial charge in [0.15, 0.2) is 0 Å². The van der Waals surface area contributed by atoms with Crippen molar-refractivity contribution in [2.75, 3.05) is 20.6 Å². The predicted molar refractivity (Wildman–Crippen MR) is 92.1 cm³/mol. The Morgan fingerprint density at radius 1 is 1.05 bits per heavy atom. The smallest absolute Gasteiger partial charge is 0.0342 e. The van der Waals surface area contributed by atoms with Crippen molar-refractivity contribution in [2.45, 2.75) is 31.6 Å². The third kappa shape index (κ3) is 2.43. The summed E-state index contributed by atoms with van der Waals surface area (Å²) in [5.41, 5.74) is 1.61. The van der Waals surface area contributed by atoms with Gasteiger partial charge in [0, 0.05) is 11.2 Å². The van der Waals surface area contributed by atoms with Gasteiger partial charge >= 0.3 is 0 Å². The van der Waals surface area contributed by atoms with Crippen LogP contribution >= 0.6 is 11.3 Å². The summed E-state index contributed by atoms with van der Waals surface area (Å²) in [6.45, 7) is 1.26. The molecule has 2 aromatic rings. The lowest BCUT2D eigenvalue weighted by Crippen LogP contribution is -2.43. The van der Waals surface area contributed by atoms with Crippen molar-refractivity contribution in [1.82, 2.24) is 4.90 Å². The number of rotatable bonds is 3. The van der Waals surface area contributed by atoms with Gasteiger partial charge < -0.3 is 4.90 Å². The average Bonchev–Trinajstić information content (AvgIpc) is 2.95. The largest absolute Gasteiger partial charge is 0.309 e. The number of nitrogens with zero attached hydrogens (tertiary/aromatic N) is 1. The Balaban J connectivity index is 1.72. The lowest BCUT2D eigenvalue weighted by atomic mass is 9.57. The van der Waals surface area contributed by atoms with Gasteiger partial charge in [0.25, 0.3) is 0 Å². The van der Waals surface area contributed by atoms with E-state index in [-0.39, 0.29) is 0 Å². The minimum atomic E-state index is 0.796. The first kappa shape index (κ1) is 13.8. The molecule has 2 atom stereocenters. The summed E-state index contributed by atoms with van der Waals surface area (Å²) in [5.74, 6) is 3.55. The first-order chi connectivity index (χ1) is 10.2. The molecule has 0 spiro atoms. The second-order valence-corrected chi connectivity index (χ2v) is 8.29. The first-order valence-corrected chi connectivity index (χ1v) is 9.22. The van der Waals surface area contributed by atoms with Crippen molar-refractivity contribution < 1.29 is 0 Å². The molecule has 2 heteroatoms. The van der Waals surface area contributed by atoms with Crippen LogP contribution in [0, 0.1) is 17.8 Å². The van der Waals surface area contributed by atoms with Crippen LogP contribution in [0.1, 0.15) is 37.2 Å². The first-order valence-electron chi connectivity index (χ1n) is 8.34. The van der Waals surface area contributed by atoms with Crippen molar-refractivity contribution in [1.29, 1.82) is 0 Å². The third-order valence-electron chi connectivity index (χ3n) is 5.83. The maximum atomic E-state index is 2.49. The van der Waals surface area contributed by atoms with Crippen LogP contribution in [0.3, 0.4) is 0 Å². The van der Waals surface area contributed by atoms with E-state index in [0.29, 0.717) is 0 Å². The van der Waals surface area contributed by atoms with Crippen molar-refractivity contribution >= 4 is 21.4 Å². The number of hydrogen-bond acceptors (Lipinski definition) is 2. The topological polar surface area (TPSA) is 3.24 Å². The van der Waals surface area contributed by atoms with Crippen LogP contribution in [-0.4, -0.2) is 25.5 Å². The van der Waals surface area contributed by atoms with E-state index in [2.05, 4.69) is 48.6 Å². The number of benzene rings is 1. The molecule has 21 heavy (non-hydrogen) atoms. The van der Waals surface area contributed by atoms with Crippen LogP contribution in [-0.2, 0) is 0 Å². The molecular weight excluding hydrogens is 274 g/mol. The van der Waals surface area contributed by atoms with Gasteiger partial charge in [-0.1, -0.05) is 12.1 Å². The Kier molecular flexibility index (Phi) is 3.55. The second kappa shape index (κ2) is 5.40. The van der Waals surface area contributed by atoms with Crippen molar-refractivity contribution in [3.63, 3.8) is 0 Å². The summed E-state index contributed by atoms with van der Waals surface area (Å²) in [7, 11) is 4.48. The highest BCUT2D eigenvalue weighted by atomic mass is 32.1. The molecule has 0 N–H and O–H groups in total. The normalized spacial score (nSPS) is 32.1. The Hall–Kier alpha value is -0.860. The maximum Gasteiger partial charge on any atom is 0.0342 e. The monoisotopic (exact) mass is 299 g/mol. The Labute approximate surface area is 132 Å². The fourth-order valence-corrected chi connectivity index (χ4v) is 5.74. The SMILES string of the molecule is CN(C)C[C@@H]1C2CCC(CC2)[C@@H]1c1ccc2sccc2c1. The molecule has 1 aromatic heterocycles. The van der Waals surface area contributed by atoms with Gasteiger partial charge in [-0.05, 0) is 91.9 Å². The summed E-state index contributed by atoms with van der Waals surface area (Å²) in [4.78, 5) is 2.40. The highest BCUT2D eigenvalue weighted by Gasteiger charge is 2.44. The highest BCUT2D eigenvalue weighted by molar-refractivity contribution is 7.17. The molecule has 112 valence electrons. The average molecular weight is 299 g/mol. The zero-order valence-corrected chi connectivity index (χ0v) is 13.9. The molecule has 2 bridgehead atoms. The van der Waals surface area contributed by atoms with Crippen LogP contribution in [0.4, 0.5) is 0 Å². The lowest BCUT2D eigenvalue weighted by Gasteiger charge is -2.50. The molecule has 0 radical (unpaired) electrons. The van der Waals surface area contributed by atoms with Gasteiger partial charge in [0.1, 0.15) is 0 Å². The van der Waals surface area contributed by atoms with Crippen molar-refractivity contribution in [3.05, 3.63) is 35.2 Å². The molecular formula is C19H25NS. The number of fused-ring (bicyclic) bond motifs is 4. The van der Waals surface area contributed by atoms with Gasteiger partial charge in [-0.2, -0.15) is 0 Å². The quantitative estimate of drug-likeness (QED) is 0.772. The molecule has 1 aromatic carbocycles. The van der Waals surface area contributed by atoms with Crippen LogP contribution in [0.5, 0.6) is 0 Å². The van der Waals surface area contributed by atoms with E-state index in [1.54, 1.807) is 5.56 Å². The lowest BCUT2D eigenvalue weighted by molar-refractivity contribution is 0.0507. The minimum Gasteiger partial charge on any atom is -0.309 e. The van der Waals surface area contributed by atoms with Crippen LogP contribution in [0.2, 0.25) is 0 Å². The molecule has 0 unspecified atom stereocenters. The fourth-order valence-electron chi connectivity index (χ4n) is 4.97. The summed E-state index contributed by atoms with van der Waals surface area (Å²) >= 11 is 1.86. The van der Waals surface area contributed by atoms with E-state index in [9.17, 15) is 0 Å². The molecule has 3 saturated carbocycles. The van der Waals surface area contributed by atoms with E-state index >= 15 is 0 Å². The van der Waals surface area contributed by atoms with Crippen molar-refractivity contribution in [3.8, 4) is 0 Å². The summed E-state index contributed by atoms with van der Waals surface area (Å²) in [6.07, 6.45) is 5.86. The fraction of sp³-hybridized carbons (Fsp3) is 0.579. The maximum absolute atomic E-state index is 2.49. The Morgan fingerprint density at radius 2 is 1.81 bits per heavy atom. The number of thiophene rings is 1. The summed E-state index contributed by atoms with van der Waals surface area (Å²) in [6, 6.07) is 9.54. The summed E-state index contributed by atoms with van der Waals surface area (Å²) in [5, 5.41) is 3.67. The molecule has 1 nitrogen and oxygen atoms in total. The zero-order chi connectivity index (χ0) is 14.4. The van der Waals surface area contributed by atoms with Gasteiger partial charge in [-0.25, -0.2) is 0 Å². The van der Waals surface area contributed by atoms with Crippen LogP contribution in [0.15, 0.2) is 29.6 Å². The molecule has 0 saturated heterocycles. The van der Waals surface area contributed by atoms with Gasteiger partial charge in [0.2, 0.25) is 0 Å². The van der Waals surface area contributed by atoms with Gasteiger partial charge in [-0.15, -0.1) is 11.3 Å². The Bertz CT molecular complexity index is 621. The molecule has 0 amide bonds. The molecule has 5 rings (SSSR count). The molecule has 0 aliphatic heterocycles. The summed E-state index contributed by atoms with van der Waals surface area (Å²) < 4.78 is 1.43. The standard InChI is InChI=1S/C19H25NS/c1-20(2)12-17-13-3-5-14(6-4-13)19(17)16-7-8-18-15(11-16)9-10-21-18/h7-11,13-14,17,19H,3-6,12H2,1-2H3/t13?,14?,17-,19-/m1/s1.